The molecule has 7 nitrogen and oxygen atoms in total. The molecule has 0 spiro atoms. The largest absolute Gasteiger partial charge is 0.479 e. The van der Waals surface area contributed by atoms with E-state index in [0.29, 0.717) is 22.6 Å². The second-order valence-corrected chi connectivity index (χ2v) is 7.83. The molecule has 8 heteroatoms. The van der Waals surface area contributed by atoms with E-state index in [9.17, 15) is 5.11 Å². The van der Waals surface area contributed by atoms with Gasteiger partial charge in [-0.15, -0.1) is 0 Å². The number of fused-ring (bicyclic) bond motifs is 2. The van der Waals surface area contributed by atoms with Crippen molar-refractivity contribution in [1.82, 2.24) is 4.57 Å². The molecule has 3 aromatic rings. The van der Waals surface area contributed by atoms with Crippen LogP contribution in [0, 0.1) is 11.8 Å². The van der Waals surface area contributed by atoms with Crippen LogP contribution in [0.3, 0.4) is 0 Å². The van der Waals surface area contributed by atoms with Gasteiger partial charge in [-0.2, -0.15) is 0 Å². The minimum Gasteiger partial charge on any atom is -0.479 e. The Hall–Kier alpha value is -2.39. The Morgan fingerprint density at radius 2 is 1.93 bits per heavy atom. The van der Waals surface area contributed by atoms with Crippen LogP contribution < -0.4 is 10.5 Å². The number of nitrogens with two attached hydrogens (primary N) is 1. The van der Waals surface area contributed by atoms with Crippen molar-refractivity contribution in [2.75, 3.05) is 20.0 Å². The Morgan fingerprint density at radius 1 is 1.21 bits per heavy atom. The summed E-state index contributed by atoms with van der Waals surface area (Å²) in [6, 6.07) is 10.5. The molecular weight excluding hydrogens is 392 g/mol. The van der Waals surface area contributed by atoms with Gasteiger partial charge in [0, 0.05) is 25.5 Å². The number of hydrogen-bond acceptors (Lipinski definition) is 7. The zero-order valence-corrected chi connectivity index (χ0v) is 17.5. The average molecular weight is 416 g/mol. The quantitative estimate of drug-likeness (QED) is 0.382. The minimum atomic E-state index is -1.21. The van der Waals surface area contributed by atoms with Crippen LogP contribution in [-0.4, -0.2) is 41.9 Å². The molecule has 1 aliphatic heterocycles. The highest BCUT2D eigenvalue weighted by atomic mass is 32.1. The van der Waals surface area contributed by atoms with E-state index in [0.717, 1.165) is 11.1 Å². The maximum absolute atomic E-state index is 11.5. The summed E-state index contributed by atoms with van der Waals surface area (Å²) in [6.45, 7) is 3.73. The summed E-state index contributed by atoms with van der Waals surface area (Å²) < 4.78 is 24.8. The average Bonchev–Trinajstić information content (AvgIpc) is 2.99. The van der Waals surface area contributed by atoms with Crippen LogP contribution in [0.1, 0.15) is 24.1 Å². The van der Waals surface area contributed by atoms with Crippen molar-refractivity contribution in [3.63, 3.8) is 0 Å². The van der Waals surface area contributed by atoms with Gasteiger partial charge >= 0.3 is 0 Å². The van der Waals surface area contributed by atoms with Crippen molar-refractivity contribution >= 4 is 29.0 Å². The summed E-state index contributed by atoms with van der Waals surface area (Å²) >= 11 is 5.54. The van der Waals surface area contributed by atoms with Crippen LogP contribution in [0.4, 0.5) is 5.69 Å². The van der Waals surface area contributed by atoms with Gasteiger partial charge in [-0.1, -0.05) is 6.07 Å². The first kappa shape index (κ1) is 19.9. The Bertz CT molecular complexity index is 1120. The number of oxazole rings is 1. The number of aliphatic hydroxyl groups is 1. The summed E-state index contributed by atoms with van der Waals surface area (Å²) in [4.78, 5) is 0.249. The molecule has 0 aliphatic carbocycles. The Balaban J connectivity index is 2.00. The smallest absolute Gasteiger partial charge is 0.270 e. The third-order valence-corrected chi connectivity index (χ3v) is 5.79. The molecular formula is C21H24N2O5S. The van der Waals surface area contributed by atoms with Gasteiger partial charge in [0.25, 0.3) is 4.84 Å². The van der Waals surface area contributed by atoms with E-state index in [1.807, 2.05) is 25.1 Å². The highest BCUT2D eigenvalue weighted by molar-refractivity contribution is 7.71. The van der Waals surface area contributed by atoms with Crippen LogP contribution in [0.15, 0.2) is 40.8 Å². The van der Waals surface area contributed by atoms with Crippen molar-refractivity contribution < 1.29 is 23.7 Å². The molecule has 3 atom stereocenters. The molecule has 0 unspecified atom stereocenters. The number of benzene rings is 2. The van der Waals surface area contributed by atoms with Gasteiger partial charge < -0.3 is 29.5 Å². The molecule has 2 heterocycles. The van der Waals surface area contributed by atoms with E-state index in [-0.39, 0.29) is 4.84 Å². The molecule has 2 aromatic carbocycles. The molecule has 29 heavy (non-hydrogen) atoms. The van der Waals surface area contributed by atoms with Crippen molar-refractivity contribution in [2.45, 2.75) is 37.9 Å². The van der Waals surface area contributed by atoms with Crippen molar-refractivity contribution in [2.24, 2.45) is 0 Å². The molecule has 3 N–H and O–H groups in total. The molecule has 0 fully saturated rings. The van der Waals surface area contributed by atoms with Crippen LogP contribution in [0.2, 0.25) is 0 Å². The molecule has 1 aromatic heterocycles. The number of aryl methyl sites for hydroxylation is 1. The molecule has 1 aliphatic rings. The van der Waals surface area contributed by atoms with Gasteiger partial charge in [0.15, 0.2) is 17.5 Å². The summed E-state index contributed by atoms with van der Waals surface area (Å²) in [7, 11) is 3.01. The summed E-state index contributed by atoms with van der Waals surface area (Å²) in [5.41, 5.74) is 8.57. The number of aromatic nitrogens is 1. The normalized spacial score (nSPS) is 23.9. The second kappa shape index (κ2) is 7.14. The SMILES string of the molecule is COC(OC)[C@]1(C)Oc2ccc(N)cc2[C@@H](n2c(=S)oc3cc(C)ccc32)[C@H]1O. The van der Waals surface area contributed by atoms with Gasteiger partial charge in [0.1, 0.15) is 11.9 Å². The zero-order chi connectivity index (χ0) is 20.9. The van der Waals surface area contributed by atoms with Crippen LogP contribution >= 0.6 is 12.2 Å². The van der Waals surface area contributed by atoms with Gasteiger partial charge in [0.05, 0.1) is 11.6 Å². The first-order valence-corrected chi connectivity index (χ1v) is 9.64. The van der Waals surface area contributed by atoms with E-state index in [1.54, 1.807) is 29.7 Å². The molecule has 4 rings (SSSR count). The standard InChI is InChI=1S/C21H24N2O5S/c1-11-5-7-14-16(9-11)27-20(29)23(14)17-13-10-12(22)6-8-15(13)28-21(2,18(17)24)19(25-3)26-4/h5-10,17-19,24H,22H2,1-4H3/t17-,18-,21-/m1/s1. The predicted molar refractivity (Wildman–Crippen MR) is 112 cm³/mol. The van der Waals surface area contributed by atoms with Gasteiger partial charge in [0.2, 0.25) is 0 Å². The lowest BCUT2D eigenvalue weighted by Gasteiger charge is -2.46. The Labute approximate surface area is 173 Å². The fraction of sp³-hybridized carbons (Fsp3) is 0.381. The monoisotopic (exact) mass is 416 g/mol. The van der Waals surface area contributed by atoms with Crippen molar-refractivity contribution in [1.29, 1.82) is 0 Å². The van der Waals surface area contributed by atoms with Gasteiger partial charge in [-0.3, -0.25) is 4.57 Å². The lowest BCUT2D eigenvalue weighted by molar-refractivity contribution is -0.238. The fourth-order valence-corrected chi connectivity index (χ4v) is 4.41. The number of hydrogen-bond donors (Lipinski definition) is 2. The topological polar surface area (TPSA) is 92.0 Å². The molecule has 0 bridgehead atoms. The summed E-state index contributed by atoms with van der Waals surface area (Å²) in [5, 5.41) is 11.5. The fourth-order valence-electron chi connectivity index (χ4n) is 4.11. The van der Waals surface area contributed by atoms with E-state index < -0.39 is 24.0 Å². The minimum absolute atomic E-state index is 0.249. The molecule has 0 radical (unpaired) electrons. The highest BCUT2D eigenvalue weighted by Crippen LogP contribution is 2.46. The number of aliphatic hydroxyl groups excluding tert-OH is 1. The Morgan fingerprint density at radius 3 is 2.62 bits per heavy atom. The van der Waals surface area contributed by atoms with Crippen LogP contribution in [-0.2, 0) is 9.47 Å². The first-order valence-electron chi connectivity index (χ1n) is 9.24. The Kier molecular flexibility index (Phi) is 4.90. The van der Waals surface area contributed by atoms with E-state index in [1.165, 1.54) is 14.2 Å². The van der Waals surface area contributed by atoms with E-state index in [2.05, 4.69) is 0 Å². The van der Waals surface area contributed by atoms with E-state index >= 15 is 0 Å². The number of methoxy groups -OCH3 is 2. The summed E-state index contributed by atoms with van der Waals surface area (Å²) in [5.74, 6) is 0.569. The highest BCUT2D eigenvalue weighted by Gasteiger charge is 2.53. The molecule has 0 saturated heterocycles. The number of ether oxygens (including phenoxy) is 3. The van der Waals surface area contributed by atoms with Crippen LogP contribution in [0.25, 0.3) is 11.1 Å². The van der Waals surface area contributed by atoms with Gasteiger partial charge in [-0.25, -0.2) is 0 Å². The number of rotatable bonds is 4. The number of anilines is 1. The zero-order valence-electron chi connectivity index (χ0n) is 16.7. The number of nitrogen functional groups attached to an aromatic ring is 1. The maximum Gasteiger partial charge on any atom is 0.270 e. The van der Waals surface area contributed by atoms with Gasteiger partial charge in [-0.05, 0) is 62.0 Å². The third kappa shape index (κ3) is 3.03. The third-order valence-electron chi connectivity index (χ3n) is 5.51. The number of nitrogens with zero attached hydrogens (tertiary/aromatic N) is 1. The van der Waals surface area contributed by atoms with Crippen molar-refractivity contribution in [3.05, 3.63) is 52.4 Å². The van der Waals surface area contributed by atoms with Crippen molar-refractivity contribution in [3.8, 4) is 5.75 Å². The second-order valence-electron chi connectivity index (χ2n) is 7.49. The lowest BCUT2D eigenvalue weighted by Crippen LogP contribution is -2.60. The van der Waals surface area contributed by atoms with E-state index in [4.69, 9.17) is 36.6 Å². The molecule has 154 valence electrons. The summed E-state index contributed by atoms with van der Waals surface area (Å²) in [6.07, 6.45) is -1.89. The molecule has 0 amide bonds. The predicted octanol–water partition coefficient (Wildman–Crippen LogP) is 3.57. The maximum atomic E-state index is 11.5. The van der Waals surface area contributed by atoms with Crippen LogP contribution in [0.5, 0.6) is 5.75 Å². The molecule has 0 saturated carbocycles. The lowest BCUT2D eigenvalue weighted by atomic mass is 9.84. The first-order chi connectivity index (χ1) is 13.8.